The van der Waals surface area contributed by atoms with E-state index in [9.17, 15) is 0 Å². The molecule has 0 bridgehead atoms. The van der Waals surface area contributed by atoms with Crippen molar-refractivity contribution in [3.05, 3.63) is 79.1 Å². The first-order valence-corrected chi connectivity index (χ1v) is 13.6. The van der Waals surface area contributed by atoms with E-state index in [1.54, 1.807) is 6.33 Å². The smallest absolute Gasteiger partial charge is 0.140 e. The lowest BCUT2D eigenvalue weighted by Gasteiger charge is -2.16. The Hall–Kier alpha value is -4.24. The third-order valence-electron chi connectivity index (χ3n) is 7.31. The molecule has 4 aromatic heterocycles. The van der Waals surface area contributed by atoms with Crippen molar-refractivity contribution in [3.8, 4) is 28.3 Å². The van der Waals surface area contributed by atoms with Crippen molar-refractivity contribution in [1.82, 2.24) is 34.0 Å². The summed E-state index contributed by atoms with van der Waals surface area (Å²) >= 11 is 0. The van der Waals surface area contributed by atoms with Crippen LogP contribution < -0.4 is 10.1 Å². The first-order valence-electron chi connectivity index (χ1n) is 13.6. The molecule has 200 valence electrons. The average molecular weight is 523 g/mol. The maximum absolute atomic E-state index is 6.01. The van der Waals surface area contributed by atoms with Gasteiger partial charge in [0.1, 0.15) is 23.5 Å². The van der Waals surface area contributed by atoms with Crippen LogP contribution in [0.3, 0.4) is 0 Å². The van der Waals surface area contributed by atoms with E-state index in [0.717, 1.165) is 52.7 Å². The Balaban J connectivity index is 1.10. The van der Waals surface area contributed by atoms with Crippen molar-refractivity contribution >= 4 is 11.5 Å². The molecule has 0 aliphatic carbocycles. The molecular formula is C30H34N8O. The zero-order chi connectivity index (χ0) is 26.6. The molecule has 5 heterocycles. The van der Waals surface area contributed by atoms with E-state index in [1.165, 1.54) is 31.5 Å². The monoisotopic (exact) mass is 522 g/mol. The van der Waals surface area contributed by atoms with Gasteiger partial charge in [-0.25, -0.2) is 15.0 Å². The normalized spacial score (nSPS) is 14.6. The number of ether oxygens (including phenoxy) is 1. The van der Waals surface area contributed by atoms with Gasteiger partial charge in [0, 0.05) is 49.7 Å². The second kappa shape index (κ2) is 11.2. The summed E-state index contributed by atoms with van der Waals surface area (Å²) in [6.45, 7) is 6.40. The van der Waals surface area contributed by atoms with Gasteiger partial charge in [0.15, 0.2) is 0 Å². The second-order valence-electron chi connectivity index (χ2n) is 10.2. The van der Waals surface area contributed by atoms with Crippen molar-refractivity contribution in [3.63, 3.8) is 0 Å². The molecule has 0 amide bonds. The van der Waals surface area contributed by atoms with Gasteiger partial charge in [-0.15, -0.1) is 0 Å². The topological polar surface area (TPSA) is 85.4 Å². The molecule has 0 spiro atoms. The first-order chi connectivity index (χ1) is 19.1. The number of fused-ring (bicyclic) bond motifs is 1. The molecule has 5 aromatic rings. The fourth-order valence-corrected chi connectivity index (χ4v) is 5.14. The van der Waals surface area contributed by atoms with E-state index in [0.29, 0.717) is 6.61 Å². The van der Waals surface area contributed by atoms with E-state index in [4.69, 9.17) is 4.74 Å². The lowest BCUT2D eigenvalue weighted by Crippen LogP contribution is -2.21. The molecule has 1 N–H and O–H groups in total. The van der Waals surface area contributed by atoms with Gasteiger partial charge < -0.3 is 15.0 Å². The zero-order valence-corrected chi connectivity index (χ0v) is 22.5. The highest BCUT2D eigenvalue weighted by atomic mass is 16.5. The number of aryl methyl sites for hydroxylation is 1. The summed E-state index contributed by atoms with van der Waals surface area (Å²) in [4.78, 5) is 16.1. The lowest BCUT2D eigenvalue weighted by molar-refractivity contribution is 0.263. The van der Waals surface area contributed by atoms with Crippen molar-refractivity contribution in [2.75, 3.05) is 31.6 Å². The van der Waals surface area contributed by atoms with Gasteiger partial charge >= 0.3 is 0 Å². The molecule has 9 heteroatoms. The molecule has 1 aliphatic rings. The second-order valence-corrected chi connectivity index (χ2v) is 10.2. The molecule has 1 unspecified atom stereocenters. The predicted molar refractivity (Wildman–Crippen MR) is 153 cm³/mol. The van der Waals surface area contributed by atoms with Crippen LogP contribution >= 0.6 is 0 Å². The Bertz CT molecular complexity index is 1530. The highest BCUT2D eigenvalue weighted by Gasteiger charge is 2.13. The van der Waals surface area contributed by atoms with E-state index >= 15 is 0 Å². The Labute approximate surface area is 228 Å². The number of imidazole rings is 1. The molecule has 0 saturated carbocycles. The van der Waals surface area contributed by atoms with Crippen LogP contribution in [-0.2, 0) is 7.05 Å². The van der Waals surface area contributed by atoms with Gasteiger partial charge in [-0.1, -0.05) is 24.3 Å². The Morgan fingerprint density at radius 1 is 0.974 bits per heavy atom. The minimum atomic E-state index is 0.0723. The SMILES string of the molecule is CC(Nc1cc(-c2cnc3cc(OCCCN4CCCC4)ccn23)ncn1)c1ccc(-c2cnn(C)c2)cc1. The number of aromatic nitrogens is 6. The number of hydrogen-bond donors (Lipinski definition) is 1. The van der Waals surface area contributed by atoms with E-state index in [1.807, 2.05) is 59.1 Å². The van der Waals surface area contributed by atoms with Gasteiger partial charge in [0.2, 0.25) is 0 Å². The van der Waals surface area contributed by atoms with Gasteiger partial charge in [-0.2, -0.15) is 5.10 Å². The minimum Gasteiger partial charge on any atom is -0.493 e. The summed E-state index contributed by atoms with van der Waals surface area (Å²) < 4.78 is 9.85. The largest absolute Gasteiger partial charge is 0.493 e. The van der Waals surface area contributed by atoms with E-state index in [-0.39, 0.29) is 6.04 Å². The fraction of sp³-hybridized carbons (Fsp3) is 0.333. The molecule has 0 radical (unpaired) electrons. The zero-order valence-electron chi connectivity index (χ0n) is 22.5. The summed E-state index contributed by atoms with van der Waals surface area (Å²) in [7, 11) is 1.93. The van der Waals surface area contributed by atoms with Crippen molar-refractivity contribution < 1.29 is 4.74 Å². The highest BCUT2D eigenvalue weighted by Crippen LogP contribution is 2.26. The average Bonchev–Trinajstić information content (AvgIpc) is 3.73. The van der Waals surface area contributed by atoms with Crippen LogP contribution in [0.1, 0.15) is 37.8 Å². The molecule has 39 heavy (non-hydrogen) atoms. The van der Waals surface area contributed by atoms with Crippen LogP contribution in [0.15, 0.2) is 73.6 Å². The van der Waals surface area contributed by atoms with E-state index in [2.05, 4.69) is 61.5 Å². The maximum Gasteiger partial charge on any atom is 0.140 e. The van der Waals surface area contributed by atoms with Gasteiger partial charge in [0.05, 0.1) is 30.4 Å². The van der Waals surface area contributed by atoms with Crippen LogP contribution in [0, 0.1) is 0 Å². The number of likely N-dealkylation sites (tertiary alicyclic amines) is 1. The number of anilines is 1. The number of pyridine rings is 1. The molecule has 1 aromatic carbocycles. The summed E-state index contributed by atoms with van der Waals surface area (Å²) in [5, 5.41) is 7.77. The third-order valence-corrected chi connectivity index (χ3v) is 7.31. The van der Waals surface area contributed by atoms with Crippen molar-refractivity contribution in [2.24, 2.45) is 7.05 Å². The number of hydrogen-bond acceptors (Lipinski definition) is 7. The minimum absolute atomic E-state index is 0.0723. The van der Waals surface area contributed by atoms with E-state index < -0.39 is 0 Å². The molecule has 1 aliphatic heterocycles. The number of rotatable bonds is 10. The van der Waals surface area contributed by atoms with Gasteiger partial charge in [0.25, 0.3) is 0 Å². The lowest BCUT2D eigenvalue weighted by atomic mass is 10.0. The van der Waals surface area contributed by atoms with Crippen LogP contribution in [0.25, 0.3) is 28.2 Å². The number of benzene rings is 1. The standard InChI is InChI=1S/C30H34N8O/c1-22(23-6-8-24(9-7-23)25-18-34-36(2)20-25)35-29-17-27(32-21-33-29)28-19-31-30-16-26(10-14-38(28)30)39-15-5-13-37-11-3-4-12-37/h6-10,14,16-22H,3-5,11-13,15H2,1-2H3,(H,32,33,35). The Kier molecular flexibility index (Phi) is 7.23. The molecular weight excluding hydrogens is 488 g/mol. The maximum atomic E-state index is 6.01. The van der Waals surface area contributed by atoms with Crippen molar-refractivity contribution in [1.29, 1.82) is 0 Å². The fourth-order valence-electron chi connectivity index (χ4n) is 5.14. The molecule has 1 fully saturated rings. The summed E-state index contributed by atoms with van der Waals surface area (Å²) in [6, 6.07) is 14.5. The molecule has 1 atom stereocenters. The number of nitrogens with one attached hydrogen (secondary N) is 1. The first kappa shape index (κ1) is 25.1. The van der Waals surface area contributed by atoms with Crippen molar-refractivity contribution in [2.45, 2.75) is 32.2 Å². The third kappa shape index (κ3) is 5.78. The van der Waals surface area contributed by atoms with Crippen LogP contribution in [0.2, 0.25) is 0 Å². The van der Waals surface area contributed by atoms with Gasteiger partial charge in [-0.3, -0.25) is 9.08 Å². The number of nitrogens with zero attached hydrogens (tertiary/aromatic N) is 7. The molecule has 6 rings (SSSR count). The quantitative estimate of drug-likeness (QED) is 0.251. The summed E-state index contributed by atoms with van der Waals surface area (Å²) in [6.07, 6.45) is 13.0. The van der Waals surface area contributed by atoms with Gasteiger partial charge in [-0.05, 0) is 56.5 Å². The van der Waals surface area contributed by atoms with Crippen LogP contribution in [0.4, 0.5) is 5.82 Å². The highest BCUT2D eigenvalue weighted by molar-refractivity contribution is 5.64. The summed E-state index contributed by atoms with van der Waals surface area (Å²) in [5.74, 6) is 1.60. The Morgan fingerprint density at radius 3 is 2.62 bits per heavy atom. The Morgan fingerprint density at radius 2 is 1.82 bits per heavy atom. The molecule has 1 saturated heterocycles. The predicted octanol–water partition coefficient (Wildman–Crippen LogP) is 5.23. The van der Waals surface area contributed by atoms with Crippen LogP contribution in [-0.4, -0.2) is 60.3 Å². The summed E-state index contributed by atoms with van der Waals surface area (Å²) in [5.41, 5.74) is 5.96. The molecule has 9 nitrogen and oxygen atoms in total. The van der Waals surface area contributed by atoms with Crippen LogP contribution in [0.5, 0.6) is 5.75 Å².